The van der Waals surface area contributed by atoms with Gasteiger partial charge in [0.1, 0.15) is 24.9 Å². The van der Waals surface area contributed by atoms with Crippen LogP contribution in [0, 0.1) is 17.8 Å². The van der Waals surface area contributed by atoms with Crippen LogP contribution in [0.5, 0.6) is 0 Å². The van der Waals surface area contributed by atoms with Crippen LogP contribution in [0.25, 0.3) is 11.1 Å². The van der Waals surface area contributed by atoms with Crippen molar-refractivity contribution >= 4 is 12.1 Å². The monoisotopic (exact) mass is 1170 g/mol. The van der Waals surface area contributed by atoms with Gasteiger partial charge in [0, 0.05) is 56.5 Å². The zero-order valence-electron chi connectivity index (χ0n) is 48.6. The summed E-state index contributed by atoms with van der Waals surface area (Å²) in [6, 6.07) is 14.5. The molecule has 0 saturated carbocycles. The van der Waals surface area contributed by atoms with Crippen LogP contribution in [-0.4, -0.2) is 181 Å². The molecular formula is C65H89NO18. The molecule has 84 heavy (non-hydrogen) atoms. The maximum Gasteiger partial charge on any atom is 0.407 e. The minimum absolute atomic E-state index is 0.0167. The Balaban J connectivity index is 1.22. The van der Waals surface area contributed by atoms with E-state index in [1.54, 1.807) is 57.2 Å². The Morgan fingerprint density at radius 2 is 1.26 bits per heavy atom. The molecule has 19 heteroatoms. The zero-order valence-corrected chi connectivity index (χ0v) is 48.6. The Morgan fingerprint density at radius 1 is 0.667 bits per heavy atom. The second kappa shape index (κ2) is 33.4. The van der Waals surface area contributed by atoms with Crippen LogP contribution in [0.1, 0.15) is 96.1 Å². The minimum atomic E-state index is -1.68. The number of alkyl carbamates (subject to hydrolysis) is 1. The summed E-state index contributed by atoms with van der Waals surface area (Å²) >= 11 is 0. The van der Waals surface area contributed by atoms with Crippen LogP contribution in [-0.2, 0) is 33.2 Å². The van der Waals surface area contributed by atoms with Crippen molar-refractivity contribution in [3.05, 3.63) is 157 Å². The number of aliphatic hydroxyl groups excluding tert-OH is 10. The number of rotatable bonds is 8. The number of hydrogen-bond acceptors (Lipinski definition) is 18. The number of methoxy groups -OCH3 is 1. The molecule has 2 aromatic carbocycles. The summed E-state index contributed by atoms with van der Waals surface area (Å²) in [4.78, 5) is 26.4. The van der Waals surface area contributed by atoms with Crippen molar-refractivity contribution in [2.75, 3.05) is 20.3 Å². The highest BCUT2D eigenvalue weighted by Gasteiger charge is 2.50. The lowest BCUT2D eigenvalue weighted by atomic mass is 9.82. The van der Waals surface area contributed by atoms with Gasteiger partial charge in [0.2, 0.25) is 0 Å². The molecule has 0 spiro atoms. The maximum absolute atomic E-state index is 13.6. The molecule has 1 amide bonds. The summed E-state index contributed by atoms with van der Waals surface area (Å²) in [6.45, 7) is 6.45. The molecule has 0 radical (unpaired) electrons. The van der Waals surface area contributed by atoms with Gasteiger partial charge in [-0.05, 0) is 55.4 Å². The Bertz CT molecular complexity index is 2570. The molecule has 0 aromatic heterocycles. The van der Waals surface area contributed by atoms with Gasteiger partial charge in [0.15, 0.2) is 12.1 Å². The van der Waals surface area contributed by atoms with Crippen LogP contribution in [0.3, 0.4) is 0 Å². The smallest absolute Gasteiger partial charge is 0.407 e. The Hall–Kier alpha value is -5.46. The topological polar surface area (TPSA) is 304 Å². The molecule has 19 nitrogen and oxygen atoms in total. The molecule has 0 unspecified atom stereocenters. The highest BCUT2D eigenvalue weighted by Crippen LogP contribution is 2.45. The lowest BCUT2D eigenvalue weighted by molar-refractivity contribution is -0.315. The first-order valence-corrected chi connectivity index (χ1v) is 29.2. The summed E-state index contributed by atoms with van der Waals surface area (Å²) in [5.74, 6) is -4.17. The number of ether oxygens (including phenoxy) is 6. The van der Waals surface area contributed by atoms with Gasteiger partial charge in [-0.15, -0.1) is 0 Å². The van der Waals surface area contributed by atoms with Crippen molar-refractivity contribution in [3.63, 3.8) is 0 Å². The van der Waals surface area contributed by atoms with Gasteiger partial charge in [-0.1, -0.05) is 160 Å². The van der Waals surface area contributed by atoms with E-state index in [9.17, 15) is 60.7 Å². The molecule has 3 heterocycles. The van der Waals surface area contributed by atoms with E-state index in [2.05, 4.69) is 5.32 Å². The van der Waals surface area contributed by atoms with Crippen molar-refractivity contribution < 1.29 is 89.1 Å². The third-order valence-corrected chi connectivity index (χ3v) is 16.2. The summed E-state index contributed by atoms with van der Waals surface area (Å²) in [6.07, 6.45) is 8.56. The van der Waals surface area contributed by atoms with Crippen LogP contribution in [0.15, 0.2) is 146 Å². The fourth-order valence-corrected chi connectivity index (χ4v) is 11.2. The van der Waals surface area contributed by atoms with E-state index in [1.807, 2.05) is 110 Å². The average molecular weight is 1170 g/mol. The highest BCUT2D eigenvalue weighted by molar-refractivity contribution is 5.79. The SMILES string of the molecule is CO[C@]12C[C@@H](O)C[C@@H](O)[C@H](O)CC[C@@H](O)C[C@@H](O)CC(=O)O[C@@H](C)[C@H](C)[C@H](O)[C@@H](C)/C=C/C=C/C=C/C=C/C=C/C=C/C=C/[C@H](O[C@@H]3O[C@H](C)[C@@H](O)[C@H](NC(=O)OCC4c5ccccc5-c5ccccc54)[C@@H]3O)C[C@H](O1)[C@H](/C=C/CO)[C@@H](O)C2. The highest BCUT2D eigenvalue weighted by atomic mass is 16.7. The van der Waals surface area contributed by atoms with E-state index in [0.717, 1.165) is 22.3 Å². The van der Waals surface area contributed by atoms with Gasteiger partial charge in [0.05, 0.1) is 80.1 Å². The van der Waals surface area contributed by atoms with Gasteiger partial charge < -0.3 is 84.8 Å². The molecule has 11 N–H and O–H groups in total. The van der Waals surface area contributed by atoms with Crippen molar-refractivity contribution in [1.82, 2.24) is 5.32 Å². The number of cyclic esters (lactones) is 1. The number of aliphatic hydroxyl groups is 10. The van der Waals surface area contributed by atoms with Gasteiger partial charge in [-0.25, -0.2) is 4.79 Å². The summed E-state index contributed by atoms with van der Waals surface area (Å²) in [5, 5.41) is 113. The molecule has 462 valence electrons. The summed E-state index contributed by atoms with van der Waals surface area (Å²) < 4.78 is 36.5. The second-order valence-corrected chi connectivity index (χ2v) is 22.5. The van der Waals surface area contributed by atoms with E-state index < -0.39 is 128 Å². The lowest BCUT2D eigenvalue weighted by Crippen LogP contribution is -2.64. The molecule has 2 saturated heterocycles. The lowest BCUT2D eigenvalue weighted by Gasteiger charge is -2.47. The predicted octanol–water partition coefficient (Wildman–Crippen LogP) is 5.41. The first kappa shape index (κ1) is 67.7. The maximum atomic E-state index is 13.6. The number of hydrogen-bond donors (Lipinski definition) is 11. The number of esters is 1. The molecule has 19 atom stereocenters. The van der Waals surface area contributed by atoms with Crippen molar-refractivity contribution in [2.24, 2.45) is 17.8 Å². The van der Waals surface area contributed by atoms with E-state index in [-0.39, 0.29) is 70.0 Å². The largest absolute Gasteiger partial charge is 0.462 e. The van der Waals surface area contributed by atoms with Gasteiger partial charge >= 0.3 is 12.1 Å². The number of benzene rings is 2. The average Bonchev–Trinajstić information content (AvgIpc) is 2.18. The van der Waals surface area contributed by atoms with E-state index in [0.29, 0.717) is 0 Å². The zero-order chi connectivity index (χ0) is 60.9. The number of amides is 1. The van der Waals surface area contributed by atoms with Gasteiger partial charge in [0.25, 0.3) is 0 Å². The summed E-state index contributed by atoms with van der Waals surface area (Å²) in [5.41, 5.74) is 4.10. The number of fused-ring (bicyclic) bond motifs is 5. The number of carbonyl (C=O) groups is 2. The fourth-order valence-electron chi connectivity index (χ4n) is 11.2. The molecule has 4 aliphatic rings. The third kappa shape index (κ3) is 19.5. The number of nitrogens with one attached hydrogen (secondary N) is 1. The Morgan fingerprint density at radius 3 is 1.87 bits per heavy atom. The number of allylic oxidation sites excluding steroid dienone is 12. The van der Waals surface area contributed by atoms with Crippen molar-refractivity contribution in [3.8, 4) is 11.1 Å². The molecule has 2 bridgehead atoms. The van der Waals surface area contributed by atoms with E-state index >= 15 is 0 Å². The number of carbonyl (C=O) groups excluding carboxylic acids is 2. The fraction of sp³-hybridized carbons (Fsp3) is 0.538. The van der Waals surface area contributed by atoms with Crippen LogP contribution >= 0.6 is 0 Å². The first-order chi connectivity index (χ1) is 40.2. The molecule has 2 aromatic rings. The first-order valence-electron chi connectivity index (χ1n) is 29.2. The standard InChI is InChI=1S/C65H89NO18/c1-40-23-16-14-12-10-8-6-7-9-11-13-15-17-24-47(83-63-62(77)59(61(76)43(4)82-63)66-64(78)80-39-53-50-27-20-18-25-48(50)49-26-19-21-28-51(49)53)36-57-52(29-22-32-67)56(73)38-65(79-5,84-57)37-46(70)34-55(72)54(71)31-30-44(68)33-45(69)35-58(74)81-42(3)41(2)60(40)75/h6-29,40-47,52-57,59-63,67-73,75-77H,30-39H2,1-5H3,(H,66,78)/b7-6+,10-8+,11-9+,14-12+,15-13+,23-16+,24-17+,29-22+/t40-,41-,42-,43+,44+,45+,46-,47-,52+,54+,55+,56-,57-,59-,60+,61+,62-,63-,65+/m0/s1. The molecular weight excluding hydrogens is 1080 g/mol. The van der Waals surface area contributed by atoms with E-state index in [4.69, 9.17) is 28.4 Å². The Kier molecular flexibility index (Phi) is 26.9. The van der Waals surface area contributed by atoms with Crippen LogP contribution < -0.4 is 5.32 Å². The van der Waals surface area contributed by atoms with Gasteiger partial charge in [-0.2, -0.15) is 0 Å². The molecule has 2 fully saturated rings. The normalized spacial score (nSPS) is 38.4. The molecule has 1 aliphatic carbocycles. The van der Waals surface area contributed by atoms with Crippen molar-refractivity contribution in [1.29, 1.82) is 0 Å². The van der Waals surface area contributed by atoms with Gasteiger partial charge in [-0.3, -0.25) is 4.79 Å². The minimum Gasteiger partial charge on any atom is -0.462 e. The van der Waals surface area contributed by atoms with Crippen molar-refractivity contribution in [2.45, 2.75) is 182 Å². The summed E-state index contributed by atoms with van der Waals surface area (Å²) in [7, 11) is 1.34. The molecule has 6 rings (SSSR count). The van der Waals surface area contributed by atoms with Crippen LogP contribution in [0.4, 0.5) is 4.79 Å². The second-order valence-electron chi connectivity index (χ2n) is 22.5. The predicted molar refractivity (Wildman–Crippen MR) is 314 cm³/mol. The quantitative estimate of drug-likeness (QED) is 0.116. The third-order valence-electron chi connectivity index (χ3n) is 16.2. The van der Waals surface area contributed by atoms with E-state index in [1.165, 1.54) is 13.2 Å². The Labute approximate surface area is 493 Å². The molecule has 3 aliphatic heterocycles. The van der Waals surface area contributed by atoms with Crippen LogP contribution in [0.2, 0.25) is 0 Å².